The number of hydrogen-bond acceptors (Lipinski definition) is 4. The van der Waals surface area contributed by atoms with Gasteiger partial charge in [-0.1, -0.05) is 24.3 Å². The molecule has 4 rings (SSSR count). The van der Waals surface area contributed by atoms with Gasteiger partial charge in [0.25, 0.3) is 5.91 Å². The van der Waals surface area contributed by atoms with Gasteiger partial charge in [-0.3, -0.25) is 9.48 Å². The van der Waals surface area contributed by atoms with Gasteiger partial charge in [0.15, 0.2) is 0 Å². The molecule has 0 fully saturated rings. The van der Waals surface area contributed by atoms with Crippen LogP contribution in [0.5, 0.6) is 11.5 Å². The summed E-state index contributed by atoms with van der Waals surface area (Å²) in [5.41, 5.74) is 4.59. The number of nitrogens with zero attached hydrogens (tertiary/aromatic N) is 3. The first-order valence-corrected chi connectivity index (χ1v) is 9.63. The predicted molar refractivity (Wildman–Crippen MR) is 117 cm³/mol. The fourth-order valence-electron chi connectivity index (χ4n) is 3.27. The van der Waals surface area contributed by atoms with Crippen LogP contribution in [0, 0.1) is 13.8 Å². The molecule has 0 bridgehead atoms. The van der Waals surface area contributed by atoms with E-state index in [1.165, 1.54) is 0 Å². The molecule has 0 atom stereocenters. The summed E-state index contributed by atoms with van der Waals surface area (Å²) in [5, 5.41) is 7.32. The fourth-order valence-corrected chi connectivity index (χ4v) is 3.27. The van der Waals surface area contributed by atoms with Gasteiger partial charge in [-0.05, 0) is 62.4 Å². The number of carbonyl (C=O) groups is 1. The molecule has 0 aliphatic rings. The lowest BCUT2D eigenvalue weighted by atomic mass is 10.1. The Kier molecular flexibility index (Phi) is 5.30. The van der Waals surface area contributed by atoms with Gasteiger partial charge < -0.3 is 10.1 Å². The summed E-state index contributed by atoms with van der Waals surface area (Å²) in [6, 6.07) is 22.2. The Morgan fingerprint density at radius 1 is 0.900 bits per heavy atom. The number of pyridine rings is 1. The largest absolute Gasteiger partial charge is 0.457 e. The highest BCUT2D eigenvalue weighted by atomic mass is 16.5. The fraction of sp³-hybridized carbons (Fsp3) is 0.125. The van der Waals surface area contributed by atoms with E-state index in [2.05, 4.69) is 15.4 Å². The lowest BCUT2D eigenvalue weighted by Gasteiger charge is -2.09. The van der Waals surface area contributed by atoms with E-state index in [-0.39, 0.29) is 5.91 Å². The summed E-state index contributed by atoms with van der Waals surface area (Å²) in [4.78, 5) is 17.3. The molecule has 2 heterocycles. The number of para-hydroxylation sites is 1. The average Bonchev–Trinajstić information content (AvgIpc) is 3.01. The van der Waals surface area contributed by atoms with Crippen molar-refractivity contribution < 1.29 is 9.53 Å². The van der Waals surface area contributed by atoms with Crippen molar-refractivity contribution in [1.82, 2.24) is 14.8 Å². The van der Waals surface area contributed by atoms with Crippen LogP contribution >= 0.6 is 0 Å². The molecule has 0 aliphatic heterocycles. The van der Waals surface area contributed by atoms with E-state index in [1.807, 2.05) is 80.2 Å². The van der Waals surface area contributed by atoms with E-state index in [4.69, 9.17) is 4.74 Å². The Morgan fingerprint density at radius 3 is 2.27 bits per heavy atom. The smallest absolute Gasteiger partial charge is 0.274 e. The Hall–Kier alpha value is -3.93. The maximum Gasteiger partial charge on any atom is 0.274 e. The van der Waals surface area contributed by atoms with Gasteiger partial charge in [0.05, 0.1) is 11.4 Å². The molecule has 2 aromatic heterocycles. The Balaban J connectivity index is 1.49. The molecule has 6 nitrogen and oxygen atoms in total. The van der Waals surface area contributed by atoms with E-state index in [0.717, 1.165) is 28.4 Å². The minimum absolute atomic E-state index is 0.271. The Morgan fingerprint density at radius 2 is 1.60 bits per heavy atom. The van der Waals surface area contributed by atoms with Crippen molar-refractivity contribution in [3.8, 4) is 22.8 Å². The first kappa shape index (κ1) is 19.4. The number of aromatic nitrogens is 3. The second kappa shape index (κ2) is 8.21. The molecule has 4 aromatic rings. The zero-order chi connectivity index (χ0) is 21.1. The minimum Gasteiger partial charge on any atom is -0.457 e. The van der Waals surface area contributed by atoms with Crippen LogP contribution in [0.1, 0.15) is 21.9 Å². The van der Waals surface area contributed by atoms with E-state index in [0.29, 0.717) is 17.1 Å². The van der Waals surface area contributed by atoms with Crippen LogP contribution in [-0.4, -0.2) is 20.7 Å². The number of benzene rings is 2. The third-order valence-electron chi connectivity index (χ3n) is 4.84. The minimum atomic E-state index is -0.271. The van der Waals surface area contributed by atoms with Crippen molar-refractivity contribution in [1.29, 1.82) is 0 Å². The third-order valence-corrected chi connectivity index (χ3v) is 4.84. The summed E-state index contributed by atoms with van der Waals surface area (Å²) in [6.07, 6.45) is 0. The molecule has 30 heavy (non-hydrogen) atoms. The van der Waals surface area contributed by atoms with Crippen molar-refractivity contribution in [2.24, 2.45) is 7.05 Å². The SMILES string of the molecule is Cc1nn(C)c(C)c1-c1cccc(C(=O)Nc2ccc(Oc3ccccc3)cc2)n1. The van der Waals surface area contributed by atoms with Crippen molar-refractivity contribution >= 4 is 11.6 Å². The lowest BCUT2D eigenvalue weighted by molar-refractivity contribution is 0.102. The van der Waals surface area contributed by atoms with Gasteiger partial charge >= 0.3 is 0 Å². The number of anilines is 1. The van der Waals surface area contributed by atoms with Crippen LogP contribution in [0.2, 0.25) is 0 Å². The number of aryl methyl sites for hydroxylation is 2. The quantitative estimate of drug-likeness (QED) is 0.505. The summed E-state index contributed by atoms with van der Waals surface area (Å²) in [7, 11) is 1.90. The van der Waals surface area contributed by atoms with E-state index < -0.39 is 0 Å². The topological polar surface area (TPSA) is 69.0 Å². The molecule has 0 spiro atoms. The van der Waals surface area contributed by atoms with Crippen molar-refractivity contribution in [2.45, 2.75) is 13.8 Å². The maximum atomic E-state index is 12.7. The first-order valence-electron chi connectivity index (χ1n) is 9.63. The number of rotatable bonds is 5. The normalized spacial score (nSPS) is 10.6. The molecule has 6 heteroatoms. The number of ether oxygens (including phenoxy) is 1. The number of hydrogen-bond donors (Lipinski definition) is 1. The molecule has 0 saturated heterocycles. The van der Waals surface area contributed by atoms with Crippen LogP contribution in [0.25, 0.3) is 11.3 Å². The zero-order valence-corrected chi connectivity index (χ0v) is 17.1. The summed E-state index contributed by atoms with van der Waals surface area (Å²) < 4.78 is 7.60. The first-order chi connectivity index (χ1) is 14.5. The Bertz CT molecular complexity index is 1180. The van der Waals surface area contributed by atoms with Gasteiger partial charge in [-0.15, -0.1) is 0 Å². The molecule has 1 N–H and O–H groups in total. The highest BCUT2D eigenvalue weighted by molar-refractivity contribution is 6.03. The van der Waals surface area contributed by atoms with E-state index in [9.17, 15) is 4.79 Å². The van der Waals surface area contributed by atoms with Crippen LogP contribution < -0.4 is 10.1 Å². The lowest BCUT2D eigenvalue weighted by Crippen LogP contribution is -2.13. The second-order valence-corrected chi connectivity index (χ2v) is 6.97. The van der Waals surface area contributed by atoms with Gasteiger partial charge in [0.1, 0.15) is 17.2 Å². The van der Waals surface area contributed by atoms with Gasteiger partial charge in [0, 0.05) is 24.0 Å². The monoisotopic (exact) mass is 398 g/mol. The van der Waals surface area contributed by atoms with E-state index >= 15 is 0 Å². The molecule has 0 radical (unpaired) electrons. The van der Waals surface area contributed by atoms with E-state index in [1.54, 1.807) is 18.2 Å². The van der Waals surface area contributed by atoms with Crippen LogP contribution in [-0.2, 0) is 7.05 Å². The van der Waals surface area contributed by atoms with Crippen LogP contribution in [0.15, 0.2) is 72.8 Å². The highest BCUT2D eigenvalue weighted by Crippen LogP contribution is 2.26. The molecule has 0 unspecified atom stereocenters. The summed E-state index contributed by atoms with van der Waals surface area (Å²) in [5.74, 6) is 1.19. The predicted octanol–water partition coefficient (Wildman–Crippen LogP) is 5.14. The second-order valence-electron chi connectivity index (χ2n) is 6.97. The van der Waals surface area contributed by atoms with Gasteiger partial charge in [-0.25, -0.2) is 4.98 Å². The maximum absolute atomic E-state index is 12.7. The summed E-state index contributed by atoms with van der Waals surface area (Å²) >= 11 is 0. The molecule has 1 amide bonds. The summed E-state index contributed by atoms with van der Waals surface area (Å²) in [6.45, 7) is 3.93. The van der Waals surface area contributed by atoms with Crippen molar-refractivity contribution in [3.05, 3.63) is 89.9 Å². The molecule has 0 aliphatic carbocycles. The molecular weight excluding hydrogens is 376 g/mol. The van der Waals surface area contributed by atoms with Crippen molar-refractivity contribution in [2.75, 3.05) is 5.32 Å². The van der Waals surface area contributed by atoms with Crippen LogP contribution in [0.3, 0.4) is 0 Å². The van der Waals surface area contributed by atoms with Crippen LogP contribution in [0.4, 0.5) is 5.69 Å². The van der Waals surface area contributed by atoms with Crippen molar-refractivity contribution in [3.63, 3.8) is 0 Å². The molecule has 0 saturated carbocycles. The average molecular weight is 398 g/mol. The number of nitrogens with one attached hydrogen (secondary N) is 1. The standard InChI is InChI=1S/C24H22N4O2/c1-16-23(17(2)28(3)27-16)21-10-7-11-22(26-21)24(29)25-18-12-14-20(15-13-18)30-19-8-5-4-6-9-19/h4-15H,1-3H3,(H,25,29). The number of carbonyl (C=O) groups excluding carboxylic acids is 1. The Labute approximate surface area is 175 Å². The molecule has 2 aromatic carbocycles. The van der Waals surface area contributed by atoms with Gasteiger partial charge in [0.2, 0.25) is 0 Å². The van der Waals surface area contributed by atoms with Gasteiger partial charge in [-0.2, -0.15) is 5.10 Å². The molecular formula is C24H22N4O2. The molecule has 150 valence electrons. The zero-order valence-electron chi connectivity index (χ0n) is 17.1. The highest BCUT2D eigenvalue weighted by Gasteiger charge is 2.15. The number of amides is 1. The third kappa shape index (κ3) is 4.07.